The van der Waals surface area contributed by atoms with Crippen molar-refractivity contribution in [2.45, 2.75) is 31.5 Å². The summed E-state index contributed by atoms with van der Waals surface area (Å²) in [5, 5.41) is 13.8. The van der Waals surface area contributed by atoms with E-state index in [2.05, 4.69) is 17.4 Å². The van der Waals surface area contributed by atoms with E-state index in [1.807, 2.05) is 30.3 Å². The molecule has 0 unspecified atom stereocenters. The highest BCUT2D eigenvalue weighted by Crippen LogP contribution is 2.35. The summed E-state index contributed by atoms with van der Waals surface area (Å²) in [4.78, 5) is 0. The lowest BCUT2D eigenvalue weighted by Gasteiger charge is -2.19. The fourth-order valence-corrected chi connectivity index (χ4v) is 3.43. The maximum absolute atomic E-state index is 10.4. The van der Waals surface area contributed by atoms with Gasteiger partial charge in [-0.15, -0.1) is 0 Å². The van der Waals surface area contributed by atoms with Gasteiger partial charge < -0.3 is 19.9 Å². The molecule has 23 heavy (non-hydrogen) atoms. The van der Waals surface area contributed by atoms with Gasteiger partial charge in [-0.05, 0) is 17.2 Å². The van der Waals surface area contributed by atoms with Crippen LogP contribution < -0.4 is 14.8 Å². The van der Waals surface area contributed by atoms with Gasteiger partial charge in [0.25, 0.3) is 0 Å². The molecule has 0 amide bonds. The van der Waals surface area contributed by atoms with Crippen LogP contribution in [0.4, 0.5) is 0 Å². The van der Waals surface area contributed by atoms with Gasteiger partial charge in [0.15, 0.2) is 11.5 Å². The Kier molecular flexibility index (Phi) is 3.93. The predicted octanol–water partition coefficient (Wildman–Crippen LogP) is 2.60. The molecule has 0 radical (unpaired) electrons. The zero-order chi connectivity index (χ0) is 15.6. The molecule has 2 aromatic rings. The molecular weight excluding hydrogens is 290 g/mol. The number of nitrogens with one attached hydrogen (secondary N) is 1. The van der Waals surface area contributed by atoms with Gasteiger partial charge in [-0.2, -0.15) is 0 Å². The number of ether oxygens (including phenoxy) is 2. The first-order valence-corrected chi connectivity index (χ1v) is 8.19. The molecule has 0 bridgehead atoms. The minimum Gasteiger partial charge on any atom is -0.490 e. The Morgan fingerprint density at radius 3 is 2.87 bits per heavy atom. The molecular formula is C19H21NO3. The molecule has 2 aliphatic rings. The van der Waals surface area contributed by atoms with E-state index in [9.17, 15) is 5.11 Å². The third-order valence-corrected chi connectivity index (χ3v) is 4.57. The second kappa shape index (κ2) is 6.22. The summed E-state index contributed by atoms with van der Waals surface area (Å²) in [5.74, 6) is 1.65. The zero-order valence-corrected chi connectivity index (χ0v) is 13.0. The first-order chi connectivity index (χ1) is 11.3. The van der Waals surface area contributed by atoms with Gasteiger partial charge in [0, 0.05) is 24.9 Å². The lowest BCUT2D eigenvalue weighted by molar-refractivity contribution is 0.140. The Morgan fingerprint density at radius 1 is 1.04 bits per heavy atom. The molecule has 2 aromatic carbocycles. The third kappa shape index (κ3) is 2.80. The monoisotopic (exact) mass is 311 g/mol. The molecule has 0 saturated heterocycles. The lowest BCUT2D eigenvalue weighted by atomic mass is 10.1. The molecule has 2 N–H and O–H groups in total. The van der Waals surface area contributed by atoms with Crippen molar-refractivity contribution in [1.82, 2.24) is 5.32 Å². The lowest BCUT2D eigenvalue weighted by Crippen LogP contribution is -2.28. The maximum atomic E-state index is 10.4. The molecule has 4 rings (SSSR count). The summed E-state index contributed by atoms with van der Waals surface area (Å²) in [6.07, 6.45) is 1.23. The van der Waals surface area contributed by atoms with E-state index in [1.54, 1.807) is 0 Å². The molecule has 1 aliphatic carbocycles. The zero-order valence-electron chi connectivity index (χ0n) is 13.0. The Labute approximate surface area is 136 Å². The highest BCUT2D eigenvalue weighted by Gasteiger charge is 2.30. The molecule has 1 aliphatic heterocycles. The smallest absolute Gasteiger partial charge is 0.165 e. The molecule has 2 atom stereocenters. The van der Waals surface area contributed by atoms with E-state index in [0.717, 1.165) is 23.5 Å². The fourth-order valence-electron chi connectivity index (χ4n) is 3.43. The van der Waals surface area contributed by atoms with Crippen LogP contribution in [0.25, 0.3) is 0 Å². The maximum Gasteiger partial charge on any atom is 0.165 e. The highest BCUT2D eigenvalue weighted by molar-refractivity contribution is 5.47. The number of rotatable bonds is 3. The van der Waals surface area contributed by atoms with E-state index in [1.165, 1.54) is 11.1 Å². The van der Waals surface area contributed by atoms with Gasteiger partial charge in [-0.1, -0.05) is 36.4 Å². The predicted molar refractivity (Wildman–Crippen MR) is 87.8 cm³/mol. The average Bonchev–Trinajstić information content (AvgIpc) is 2.74. The number of fused-ring (bicyclic) bond motifs is 2. The molecule has 0 aromatic heterocycles. The normalized spacial score (nSPS) is 22.5. The molecule has 1 heterocycles. The van der Waals surface area contributed by atoms with E-state index < -0.39 is 0 Å². The van der Waals surface area contributed by atoms with Crippen LogP contribution >= 0.6 is 0 Å². The van der Waals surface area contributed by atoms with Crippen molar-refractivity contribution in [1.29, 1.82) is 0 Å². The number of hydrogen-bond acceptors (Lipinski definition) is 4. The van der Waals surface area contributed by atoms with Gasteiger partial charge in [-0.25, -0.2) is 0 Å². The van der Waals surface area contributed by atoms with E-state index in [0.29, 0.717) is 26.2 Å². The van der Waals surface area contributed by atoms with Gasteiger partial charge in [0.1, 0.15) is 0 Å². The second-order valence-electron chi connectivity index (χ2n) is 6.12. The topological polar surface area (TPSA) is 50.7 Å². The van der Waals surface area contributed by atoms with Gasteiger partial charge in [0.2, 0.25) is 0 Å². The molecule has 0 saturated carbocycles. The van der Waals surface area contributed by atoms with Crippen LogP contribution in [0.5, 0.6) is 11.5 Å². The summed E-state index contributed by atoms with van der Waals surface area (Å²) in [6, 6.07) is 14.2. The number of aliphatic hydroxyl groups is 1. The van der Waals surface area contributed by atoms with Gasteiger partial charge in [-0.3, -0.25) is 0 Å². The fraction of sp³-hybridized carbons (Fsp3) is 0.368. The van der Waals surface area contributed by atoms with Gasteiger partial charge in [0.05, 0.1) is 25.4 Å². The van der Waals surface area contributed by atoms with Crippen LogP contribution in [0.3, 0.4) is 0 Å². The highest BCUT2D eigenvalue weighted by atomic mass is 16.5. The number of para-hydroxylation sites is 1. The summed E-state index contributed by atoms with van der Waals surface area (Å²) in [7, 11) is 0. The SMILES string of the molecule is O[C@@H]1Cc2ccccc2[C@@H]1NCc1cccc2c1OCCCO2. The van der Waals surface area contributed by atoms with E-state index >= 15 is 0 Å². The standard InChI is InChI=1S/C19H21NO3/c21-16-11-13-5-1-2-7-15(13)18(16)20-12-14-6-3-8-17-19(14)23-10-4-9-22-17/h1-3,5-8,16,18,20-21H,4,9-12H2/t16-,18+/m1/s1. The summed E-state index contributed by atoms with van der Waals surface area (Å²) >= 11 is 0. The van der Waals surface area contributed by atoms with Crippen LogP contribution in [0.1, 0.15) is 29.2 Å². The average molecular weight is 311 g/mol. The summed E-state index contributed by atoms with van der Waals surface area (Å²) in [6.45, 7) is 2.01. The Bertz CT molecular complexity index is 701. The molecule has 4 heteroatoms. The third-order valence-electron chi connectivity index (χ3n) is 4.57. The van der Waals surface area contributed by atoms with Crippen LogP contribution in [-0.4, -0.2) is 24.4 Å². The van der Waals surface area contributed by atoms with Crippen LogP contribution in [-0.2, 0) is 13.0 Å². The van der Waals surface area contributed by atoms with Crippen molar-refractivity contribution in [2.75, 3.05) is 13.2 Å². The Balaban J connectivity index is 1.54. The molecule has 4 nitrogen and oxygen atoms in total. The second-order valence-corrected chi connectivity index (χ2v) is 6.12. The van der Waals surface area contributed by atoms with Crippen molar-refractivity contribution in [3.05, 3.63) is 59.2 Å². The van der Waals surface area contributed by atoms with Crippen molar-refractivity contribution in [2.24, 2.45) is 0 Å². The minimum absolute atomic E-state index is 0.0336. The molecule has 120 valence electrons. The van der Waals surface area contributed by atoms with Crippen molar-refractivity contribution >= 4 is 0 Å². The van der Waals surface area contributed by atoms with Crippen molar-refractivity contribution < 1.29 is 14.6 Å². The molecule has 0 fully saturated rings. The largest absolute Gasteiger partial charge is 0.490 e. The Hall–Kier alpha value is -2.04. The number of hydrogen-bond donors (Lipinski definition) is 2. The Morgan fingerprint density at radius 2 is 1.91 bits per heavy atom. The number of benzene rings is 2. The van der Waals surface area contributed by atoms with Gasteiger partial charge >= 0.3 is 0 Å². The number of aliphatic hydroxyl groups excluding tert-OH is 1. The van der Waals surface area contributed by atoms with E-state index in [4.69, 9.17) is 9.47 Å². The summed E-state index contributed by atoms with van der Waals surface area (Å²) < 4.78 is 11.6. The summed E-state index contributed by atoms with van der Waals surface area (Å²) in [5.41, 5.74) is 3.49. The van der Waals surface area contributed by atoms with E-state index in [-0.39, 0.29) is 12.1 Å². The molecule has 0 spiro atoms. The first-order valence-electron chi connectivity index (χ1n) is 8.19. The van der Waals surface area contributed by atoms with Crippen LogP contribution in [0, 0.1) is 0 Å². The van der Waals surface area contributed by atoms with Crippen molar-refractivity contribution in [3.63, 3.8) is 0 Å². The minimum atomic E-state index is -0.383. The quantitative estimate of drug-likeness (QED) is 0.915. The van der Waals surface area contributed by atoms with Crippen LogP contribution in [0.2, 0.25) is 0 Å². The van der Waals surface area contributed by atoms with Crippen LogP contribution in [0.15, 0.2) is 42.5 Å². The van der Waals surface area contributed by atoms with Crippen molar-refractivity contribution in [3.8, 4) is 11.5 Å². The first kappa shape index (κ1) is 14.5.